The van der Waals surface area contributed by atoms with Gasteiger partial charge in [0.15, 0.2) is 6.61 Å². The van der Waals surface area contributed by atoms with Gasteiger partial charge in [0.25, 0.3) is 5.91 Å². The highest BCUT2D eigenvalue weighted by Crippen LogP contribution is 2.24. The van der Waals surface area contributed by atoms with Gasteiger partial charge in [0.1, 0.15) is 5.75 Å². The molecule has 0 aliphatic carbocycles. The molecule has 1 rings (SSSR count). The summed E-state index contributed by atoms with van der Waals surface area (Å²) in [5.74, 6) is 0.787. The Morgan fingerprint density at radius 2 is 1.96 bits per heavy atom. The van der Waals surface area contributed by atoms with Crippen molar-refractivity contribution in [2.75, 3.05) is 27.3 Å². The van der Waals surface area contributed by atoms with E-state index >= 15 is 0 Å². The van der Waals surface area contributed by atoms with E-state index in [1.54, 1.807) is 11.9 Å². The van der Waals surface area contributed by atoms with Crippen LogP contribution >= 0.6 is 0 Å². The number of esters is 1. The lowest BCUT2D eigenvalue weighted by atomic mass is 10.0. The summed E-state index contributed by atoms with van der Waals surface area (Å²) in [5, 5.41) is 0. The number of hydrogen-bond donors (Lipinski definition) is 0. The standard InChI is InChI=1S/C18H27NO4/c1-13(2)15-9-8-14(3)16(11-15)23-12-17(20)19(4)10-6-7-18(21)22-5/h8-9,11,13H,6-7,10,12H2,1-5H3. The van der Waals surface area contributed by atoms with Gasteiger partial charge in [0.2, 0.25) is 0 Å². The highest BCUT2D eigenvalue weighted by atomic mass is 16.5. The topological polar surface area (TPSA) is 55.8 Å². The third-order valence-corrected chi connectivity index (χ3v) is 3.76. The highest BCUT2D eigenvalue weighted by Gasteiger charge is 2.12. The van der Waals surface area contributed by atoms with Crippen molar-refractivity contribution >= 4 is 11.9 Å². The first-order valence-electron chi connectivity index (χ1n) is 7.89. The molecule has 5 heteroatoms. The van der Waals surface area contributed by atoms with Crippen LogP contribution in [0.2, 0.25) is 0 Å². The molecule has 0 radical (unpaired) electrons. The van der Waals surface area contributed by atoms with E-state index in [0.717, 1.165) is 11.3 Å². The molecule has 1 aromatic rings. The van der Waals surface area contributed by atoms with Gasteiger partial charge in [-0.2, -0.15) is 0 Å². The zero-order valence-corrected chi connectivity index (χ0v) is 14.7. The van der Waals surface area contributed by atoms with Crippen LogP contribution in [0.5, 0.6) is 5.75 Å². The van der Waals surface area contributed by atoms with E-state index in [9.17, 15) is 9.59 Å². The fraction of sp³-hybridized carbons (Fsp3) is 0.556. The molecule has 0 atom stereocenters. The molecule has 0 fully saturated rings. The molecule has 1 amide bonds. The minimum Gasteiger partial charge on any atom is -0.483 e. The number of nitrogens with zero attached hydrogens (tertiary/aromatic N) is 1. The SMILES string of the molecule is COC(=O)CCCN(C)C(=O)COc1cc(C(C)C)ccc1C. The Labute approximate surface area is 138 Å². The van der Waals surface area contributed by atoms with Gasteiger partial charge >= 0.3 is 5.97 Å². The average Bonchev–Trinajstić information content (AvgIpc) is 2.53. The zero-order valence-electron chi connectivity index (χ0n) is 14.7. The summed E-state index contributed by atoms with van der Waals surface area (Å²) in [6.07, 6.45) is 0.890. The van der Waals surface area contributed by atoms with Crippen molar-refractivity contribution in [3.05, 3.63) is 29.3 Å². The number of ether oxygens (including phenoxy) is 2. The third-order valence-electron chi connectivity index (χ3n) is 3.76. The number of amides is 1. The van der Waals surface area contributed by atoms with E-state index in [1.807, 2.05) is 19.1 Å². The molecule has 0 heterocycles. The molecule has 0 aliphatic heterocycles. The number of carbonyl (C=O) groups excluding carboxylic acids is 2. The number of aryl methyl sites for hydroxylation is 1. The van der Waals surface area contributed by atoms with Crippen LogP contribution < -0.4 is 4.74 Å². The van der Waals surface area contributed by atoms with Gasteiger partial charge in [-0.3, -0.25) is 9.59 Å². The summed E-state index contributed by atoms with van der Waals surface area (Å²) in [5.41, 5.74) is 2.19. The number of benzene rings is 1. The van der Waals surface area contributed by atoms with Crippen molar-refractivity contribution in [1.29, 1.82) is 0 Å². The van der Waals surface area contributed by atoms with Crippen LogP contribution in [0.1, 0.15) is 43.7 Å². The number of likely N-dealkylation sites (N-methyl/N-ethyl adjacent to an activating group) is 1. The second-order valence-electron chi connectivity index (χ2n) is 5.96. The molecule has 128 valence electrons. The Kier molecular flexibility index (Phi) is 7.59. The summed E-state index contributed by atoms with van der Waals surface area (Å²) in [6, 6.07) is 6.08. The maximum absolute atomic E-state index is 12.1. The van der Waals surface area contributed by atoms with Gasteiger partial charge in [-0.05, 0) is 36.5 Å². The smallest absolute Gasteiger partial charge is 0.305 e. The molecular formula is C18H27NO4. The second-order valence-corrected chi connectivity index (χ2v) is 5.96. The Balaban J connectivity index is 2.49. The molecule has 1 aromatic carbocycles. The lowest BCUT2D eigenvalue weighted by molar-refractivity contribution is -0.141. The van der Waals surface area contributed by atoms with Crippen LogP contribution in [-0.4, -0.2) is 44.1 Å². The van der Waals surface area contributed by atoms with Gasteiger partial charge in [0, 0.05) is 20.0 Å². The minimum atomic E-state index is -0.261. The van der Waals surface area contributed by atoms with Gasteiger partial charge in [-0.1, -0.05) is 26.0 Å². The lowest BCUT2D eigenvalue weighted by Crippen LogP contribution is -2.32. The first-order chi connectivity index (χ1) is 10.8. The van der Waals surface area contributed by atoms with E-state index in [4.69, 9.17) is 4.74 Å². The Hall–Kier alpha value is -2.04. The average molecular weight is 321 g/mol. The molecule has 0 N–H and O–H groups in total. The summed E-state index contributed by atoms with van der Waals surface area (Å²) >= 11 is 0. The van der Waals surface area contributed by atoms with E-state index in [2.05, 4.69) is 24.7 Å². The third kappa shape index (κ3) is 6.30. The molecule has 0 aromatic heterocycles. The summed E-state index contributed by atoms with van der Waals surface area (Å²) in [6.45, 7) is 6.70. The summed E-state index contributed by atoms with van der Waals surface area (Å²) in [4.78, 5) is 24.7. The molecule has 23 heavy (non-hydrogen) atoms. The van der Waals surface area contributed by atoms with E-state index in [1.165, 1.54) is 12.7 Å². The van der Waals surface area contributed by atoms with Gasteiger partial charge in [-0.25, -0.2) is 0 Å². The summed E-state index contributed by atoms with van der Waals surface area (Å²) < 4.78 is 10.3. The van der Waals surface area contributed by atoms with Crippen LogP contribution in [0.25, 0.3) is 0 Å². The molecule has 5 nitrogen and oxygen atoms in total. The molecule has 0 spiro atoms. The predicted octanol–water partition coefficient (Wildman–Crippen LogP) is 2.91. The monoisotopic (exact) mass is 321 g/mol. The van der Waals surface area contributed by atoms with Crippen molar-refractivity contribution < 1.29 is 19.1 Å². The Morgan fingerprint density at radius 1 is 1.26 bits per heavy atom. The number of carbonyl (C=O) groups is 2. The maximum Gasteiger partial charge on any atom is 0.305 e. The van der Waals surface area contributed by atoms with Crippen molar-refractivity contribution in [3.8, 4) is 5.75 Å². The van der Waals surface area contributed by atoms with Gasteiger partial charge < -0.3 is 14.4 Å². The fourth-order valence-electron chi connectivity index (χ4n) is 2.07. The second kappa shape index (κ2) is 9.18. The van der Waals surface area contributed by atoms with Crippen molar-refractivity contribution in [1.82, 2.24) is 4.90 Å². The minimum absolute atomic E-state index is 0.00286. The highest BCUT2D eigenvalue weighted by molar-refractivity contribution is 5.77. The first kappa shape index (κ1) is 19.0. The fourth-order valence-corrected chi connectivity index (χ4v) is 2.07. The van der Waals surface area contributed by atoms with Crippen LogP contribution in [0.3, 0.4) is 0 Å². The predicted molar refractivity (Wildman–Crippen MR) is 89.7 cm³/mol. The van der Waals surface area contributed by atoms with Crippen molar-refractivity contribution in [2.24, 2.45) is 0 Å². The van der Waals surface area contributed by atoms with E-state index in [-0.39, 0.29) is 18.5 Å². The Bertz CT molecular complexity index is 540. The largest absolute Gasteiger partial charge is 0.483 e. The van der Waals surface area contributed by atoms with Crippen LogP contribution in [0.15, 0.2) is 18.2 Å². The summed E-state index contributed by atoms with van der Waals surface area (Å²) in [7, 11) is 3.07. The zero-order chi connectivity index (χ0) is 17.4. The lowest BCUT2D eigenvalue weighted by Gasteiger charge is -2.18. The van der Waals surface area contributed by atoms with Crippen molar-refractivity contribution in [3.63, 3.8) is 0 Å². The number of rotatable bonds is 8. The van der Waals surface area contributed by atoms with Crippen LogP contribution in [0, 0.1) is 6.92 Å². The quantitative estimate of drug-likeness (QED) is 0.691. The van der Waals surface area contributed by atoms with Crippen LogP contribution in [0.4, 0.5) is 0 Å². The van der Waals surface area contributed by atoms with Crippen LogP contribution in [-0.2, 0) is 14.3 Å². The Morgan fingerprint density at radius 3 is 2.57 bits per heavy atom. The van der Waals surface area contributed by atoms with Gasteiger partial charge in [0.05, 0.1) is 7.11 Å². The maximum atomic E-state index is 12.1. The molecule has 0 saturated heterocycles. The van der Waals surface area contributed by atoms with Crippen molar-refractivity contribution in [2.45, 2.75) is 39.5 Å². The molecular weight excluding hydrogens is 294 g/mol. The molecule has 0 unspecified atom stereocenters. The first-order valence-corrected chi connectivity index (χ1v) is 7.89. The van der Waals surface area contributed by atoms with E-state index < -0.39 is 0 Å². The number of methoxy groups -OCH3 is 1. The molecule has 0 saturated carbocycles. The van der Waals surface area contributed by atoms with Gasteiger partial charge in [-0.15, -0.1) is 0 Å². The normalized spacial score (nSPS) is 10.5. The number of hydrogen-bond acceptors (Lipinski definition) is 4. The van der Waals surface area contributed by atoms with E-state index in [0.29, 0.717) is 25.3 Å². The molecule has 0 aliphatic rings. The molecule has 0 bridgehead atoms.